The van der Waals surface area contributed by atoms with Gasteiger partial charge in [-0.3, -0.25) is 9.69 Å². The van der Waals surface area contributed by atoms with Crippen LogP contribution in [0, 0.1) is 0 Å². The number of benzene rings is 2. The van der Waals surface area contributed by atoms with Gasteiger partial charge in [-0.1, -0.05) is 42.5 Å². The lowest BCUT2D eigenvalue weighted by Crippen LogP contribution is -2.51. The fraction of sp³-hybridized carbons (Fsp3) is 0.576. The molecule has 1 N–H and O–H groups in total. The van der Waals surface area contributed by atoms with Gasteiger partial charge in [0, 0.05) is 56.9 Å². The Balaban J connectivity index is 1.40. The van der Waals surface area contributed by atoms with Crippen molar-refractivity contribution in [3.63, 3.8) is 0 Å². The molecule has 4 rings (SSSR count). The van der Waals surface area contributed by atoms with Crippen LogP contribution in [-0.2, 0) is 21.1 Å². The largest absolute Gasteiger partial charge is 0.465 e. The fourth-order valence-corrected chi connectivity index (χ4v) is 7.44. The molecule has 1 unspecified atom stereocenters. The van der Waals surface area contributed by atoms with E-state index in [1.807, 2.05) is 42.2 Å². The fourth-order valence-electron chi connectivity index (χ4n) is 6.81. The van der Waals surface area contributed by atoms with Crippen molar-refractivity contribution in [2.24, 2.45) is 0 Å². The molecule has 2 aromatic carbocycles. The normalized spacial score (nSPS) is 19.7. The number of hydrogen-bond donors (Lipinski definition) is 1. The van der Waals surface area contributed by atoms with Crippen LogP contribution in [-0.4, -0.2) is 90.2 Å². The molecule has 0 spiro atoms. The molecule has 0 bridgehead atoms. The molecule has 2 atom stereocenters. The Morgan fingerprint density at radius 2 is 1.57 bits per heavy atom. The van der Waals surface area contributed by atoms with E-state index in [0.717, 1.165) is 43.3 Å². The van der Waals surface area contributed by atoms with Crippen molar-refractivity contribution in [2.75, 3.05) is 25.9 Å². The van der Waals surface area contributed by atoms with Crippen LogP contribution in [0.3, 0.4) is 0 Å². The third kappa shape index (κ3) is 8.56. The van der Waals surface area contributed by atoms with E-state index >= 15 is 0 Å². The van der Waals surface area contributed by atoms with Crippen LogP contribution in [0.1, 0.15) is 76.0 Å². The lowest BCUT2D eigenvalue weighted by molar-refractivity contribution is -0.133. The molecule has 1 aliphatic carbocycles. The van der Waals surface area contributed by atoms with E-state index in [2.05, 4.69) is 11.8 Å². The number of amides is 2. The first-order valence-electron chi connectivity index (χ1n) is 15.6. The van der Waals surface area contributed by atoms with E-state index in [1.165, 1.54) is 17.0 Å². The summed E-state index contributed by atoms with van der Waals surface area (Å²) in [5.74, 6) is -2.73. The van der Waals surface area contributed by atoms with Gasteiger partial charge in [0.1, 0.15) is 0 Å². The van der Waals surface area contributed by atoms with Crippen LogP contribution in [0.25, 0.3) is 0 Å². The van der Waals surface area contributed by atoms with Crippen molar-refractivity contribution in [1.29, 1.82) is 0 Å². The van der Waals surface area contributed by atoms with Crippen LogP contribution >= 0.6 is 0 Å². The summed E-state index contributed by atoms with van der Waals surface area (Å²) in [7, 11) is -3.30. The molecule has 2 aromatic rings. The number of sulfone groups is 1. The van der Waals surface area contributed by atoms with Crippen molar-refractivity contribution in [2.45, 2.75) is 100 Å². The molecule has 0 aromatic heterocycles. The Bertz CT molecular complexity index is 1360. The molecule has 44 heavy (non-hydrogen) atoms. The number of piperidine rings is 1. The smallest absolute Gasteiger partial charge is 0.408 e. The predicted octanol–water partition coefficient (Wildman–Crippen LogP) is 6.02. The zero-order valence-electron chi connectivity index (χ0n) is 25.9. The maximum absolute atomic E-state index is 13.9. The Morgan fingerprint density at radius 1 is 0.977 bits per heavy atom. The van der Waals surface area contributed by atoms with E-state index < -0.39 is 33.9 Å². The summed E-state index contributed by atoms with van der Waals surface area (Å²) >= 11 is 0. The van der Waals surface area contributed by atoms with Crippen molar-refractivity contribution < 1.29 is 31.9 Å². The van der Waals surface area contributed by atoms with Crippen LogP contribution in [0.15, 0.2) is 59.5 Å². The van der Waals surface area contributed by atoms with Crippen LogP contribution < -0.4 is 0 Å². The van der Waals surface area contributed by atoms with Gasteiger partial charge < -0.3 is 14.9 Å². The van der Waals surface area contributed by atoms with Crippen LogP contribution in [0.4, 0.5) is 13.6 Å². The third-order valence-corrected chi connectivity index (χ3v) is 10.4. The minimum absolute atomic E-state index is 0.00500. The van der Waals surface area contributed by atoms with E-state index in [-0.39, 0.29) is 55.0 Å². The standard InChI is InChI=1S/C33H45F2N3O5S/c1-4-37(31(39)23-25-10-12-29(13-11-25)44(3,42)43)27-16-20-36(21-17-27)24(2)22-30(26-8-6-5-7-9-26)38(32(40)41)28-14-18-33(34,35)19-15-28/h5-13,24,27-28,30H,4,14-23H2,1-3H3,(H,40,41)/t24?,30-/m0/s1. The monoisotopic (exact) mass is 633 g/mol. The number of rotatable bonds is 11. The molecular formula is C33H45F2N3O5S. The summed E-state index contributed by atoms with van der Waals surface area (Å²) in [5, 5.41) is 10.3. The highest BCUT2D eigenvalue weighted by atomic mass is 32.2. The molecule has 1 saturated heterocycles. The number of likely N-dealkylation sites (N-methyl/N-ethyl adjacent to an activating group) is 1. The van der Waals surface area contributed by atoms with Gasteiger partial charge in [-0.05, 0) is 69.2 Å². The van der Waals surface area contributed by atoms with Crippen LogP contribution in [0.5, 0.6) is 0 Å². The quantitative estimate of drug-likeness (QED) is 0.325. The molecule has 1 saturated carbocycles. The highest BCUT2D eigenvalue weighted by Crippen LogP contribution is 2.39. The van der Waals surface area contributed by atoms with Gasteiger partial charge >= 0.3 is 6.09 Å². The molecule has 1 aliphatic heterocycles. The second kappa shape index (κ2) is 14.4. The van der Waals surface area contributed by atoms with E-state index in [0.29, 0.717) is 13.0 Å². The molecule has 1 heterocycles. The number of carbonyl (C=O) groups excluding carboxylic acids is 1. The first-order valence-corrected chi connectivity index (χ1v) is 17.4. The number of alkyl halides is 2. The summed E-state index contributed by atoms with van der Waals surface area (Å²) in [6, 6.07) is 15.1. The van der Waals surface area contributed by atoms with Gasteiger partial charge in [0.05, 0.1) is 17.4 Å². The Hall–Kier alpha value is -3.05. The molecule has 2 amide bonds. The molecule has 0 radical (unpaired) electrons. The van der Waals surface area contributed by atoms with Gasteiger partial charge in [-0.25, -0.2) is 22.0 Å². The van der Waals surface area contributed by atoms with Crippen molar-refractivity contribution in [1.82, 2.24) is 14.7 Å². The van der Waals surface area contributed by atoms with Crippen LogP contribution in [0.2, 0.25) is 0 Å². The number of hydrogen-bond acceptors (Lipinski definition) is 5. The lowest BCUT2D eigenvalue weighted by Gasteiger charge is -2.44. The summed E-state index contributed by atoms with van der Waals surface area (Å²) < 4.78 is 51.4. The molecule has 2 fully saturated rings. The number of carboxylic acid groups (broad SMARTS) is 1. The zero-order chi connectivity index (χ0) is 32.1. The highest BCUT2D eigenvalue weighted by Gasteiger charge is 2.41. The number of nitrogens with zero attached hydrogens (tertiary/aromatic N) is 3. The van der Waals surface area contributed by atoms with Gasteiger partial charge in [0.2, 0.25) is 11.8 Å². The molecule has 11 heteroatoms. The van der Waals surface area contributed by atoms with Gasteiger partial charge in [0.25, 0.3) is 0 Å². The first kappa shape index (κ1) is 33.8. The summed E-state index contributed by atoms with van der Waals surface area (Å²) in [6.07, 6.45) is 2.07. The zero-order valence-corrected chi connectivity index (χ0v) is 26.7. The second-order valence-electron chi connectivity index (χ2n) is 12.3. The molecule has 242 valence electrons. The Morgan fingerprint density at radius 3 is 2.09 bits per heavy atom. The summed E-state index contributed by atoms with van der Waals surface area (Å²) in [5.41, 5.74) is 1.63. The SMILES string of the molecule is CCN(C(=O)Cc1ccc(S(C)(=O)=O)cc1)C1CCN(C(C)C[C@@H](c2ccccc2)N(C(=O)O)C2CCC(F)(F)CC2)CC1. The maximum Gasteiger partial charge on any atom is 0.408 e. The van der Waals surface area contributed by atoms with E-state index in [4.69, 9.17) is 0 Å². The third-order valence-electron chi connectivity index (χ3n) is 9.32. The highest BCUT2D eigenvalue weighted by molar-refractivity contribution is 7.90. The maximum atomic E-state index is 13.9. The molecular weight excluding hydrogens is 588 g/mol. The lowest BCUT2D eigenvalue weighted by atomic mass is 9.88. The minimum Gasteiger partial charge on any atom is -0.465 e. The van der Waals surface area contributed by atoms with Crippen molar-refractivity contribution in [3.8, 4) is 0 Å². The molecule has 8 nitrogen and oxygen atoms in total. The van der Waals surface area contributed by atoms with E-state index in [9.17, 15) is 31.9 Å². The topological polar surface area (TPSA) is 98.2 Å². The van der Waals surface area contributed by atoms with Gasteiger partial charge in [0.15, 0.2) is 9.84 Å². The minimum atomic E-state index is -3.30. The number of carbonyl (C=O) groups is 2. The number of likely N-dealkylation sites (tertiary alicyclic amines) is 1. The summed E-state index contributed by atoms with van der Waals surface area (Å²) in [6.45, 7) is 6.14. The molecule has 2 aliphatic rings. The van der Waals surface area contributed by atoms with E-state index in [1.54, 1.807) is 12.1 Å². The van der Waals surface area contributed by atoms with Gasteiger partial charge in [-0.15, -0.1) is 0 Å². The number of halogens is 2. The second-order valence-corrected chi connectivity index (χ2v) is 14.3. The Kier molecular flexibility index (Phi) is 11.0. The predicted molar refractivity (Wildman–Crippen MR) is 166 cm³/mol. The average molecular weight is 634 g/mol. The first-order chi connectivity index (χ1) is 20.8. The van der Waals surface area contributed by atoms with Crippen molar-refractivity contribution >= 4 is 21.8 Å². The Labute approximate surface area is 259 Å². The van der Waals surface area contributed by atoms with Gasteiger partial charge in [-0.2, -0.15) is 0 Å². The average Bonchev–Trinajstić information content (AvgIpc) is 2.98. The summed E-state index contributed by atoms with van der Waals surface area (Å²) in [4.78, 5) is 31.8. The van der Waals surface area contributed by atoms with Crippen molar-refractivity contribution in [3.05, 3.63) is 65.7 Å².